The molecule has 8 heteroatoms. The quantitative estimate of drug-likeness (QED) is 0.524. The van der Waals surface area contributed by atoms with E-state index in [0.717, 1.165) is 5.56 Å². The summed E-state index contributed by atoms with van der Waals surface area (Å²) in [7, 11) is 0. The summed E-state index contributed by atoms with van der Waals surface area (Å²) in [6.45, 7) is 8.43. The van der Waals surface area contributed by atoms with E-state index in [2.05, 4.69) is 5.32 Å². The highest BCUT2D eigenvalue weighted by Crippen LogP contribution is 2.46. The molecule has 3 rings (SSSR count). The molecule has 2 atom stereocenters. The smallest absolute Gasteiger partial charge is 0.335 e. The fourth-order valence-corrected chi connectivity index (χ4v) is 4.85. The Balaban J connectivity index is 1.79. The van der Waals surface area contributed by atoms with E-state index in [1.165, 1.54) is 24.3 Å². The van der Waals surface area contributed by atoms with Gasteiger partial charge in [-0.15, -0.1) is 0 Å². The third-order valence-corrected chi connectivity index (χ3v) is 7.02. The van der Waals surface area contributed by atoms with Crippen molar-refractivity contribution >= 4 is 29.4 Å². The van der Waals surface area contributed by atoms with Gasteiger partial charge in [0.25, 0.3) is 5.91 Å². The van der Waals surface area contributed by atoms with Gasteiger partial charge >= 0.3 is 5.97 Å². The van der Waals surface area contributed by atoms with Gasteiger partial charge in [0.05, 0.1) is 11.2 Å². The fraction of sp³-hybridized carbons (Fsp3) is 0.444. The van der Waals surface area contributed by atoms with Gasteiger partial charge in [-0.1, -0.05) is 57.5 Å². The SMILES string of the molecule is CC(C)C[C@@H](NC(=O)c1cccc(C(=O)O)c1)C(=O)N1CC[C@](O)(c2ccc(Cl)cc2)C(C)(C)C1. The number of nitrogens with zero attached hydrogens (tertiary/aromatic N) is 1. The Labute approximate surface area is 211 Å². The van der Waals surface area contributed by atoms with Crippen molar-refractivity contribution in [1.29, 1.82) is 0 Å². The minimum atomic E-state index is -1.14. The molecule has 7 nitrogen and oxygen atoms in total. The lowest BCUT2D eigenvalue weighted by molar-refractivity contribution is -0.155. The minimum Gasteiger partial charge on any atom is -0.478 e. The average molecular weight is 501 g/mol. The van der Waals surface area contributed by atoms with Gasteiger partial charge in [0.15, 0.2) is 0 Å². The van der Waals surface area contributed by atoms with Gasteiger partial charge in [0, 0.05) is 29.1 Å². The molecule has 1 fully saturated rings. The maximum Gasteiger partial charge on any atom is 0.335 e. The van der Waals surface area contributed by atoms with Gasteiger partial charge in [-0.25, -0.2) is 4.79 Å². The van der Waals surface area contributed by atoms with Crippen molar-refractivity contribution in [1.82, 2.24) is 10.2 Å². The van der Waals surface area contributed by atoms with Gasteiger partial charge in [0.1, 0.15) is 6.04 Å². The van der Waals surface area contributed by atoms with E-state index in [1.54, 1.807) is 17.0 Å². The summed E-state index contributed by atoms with van der Waals surface area (Å²) in [6.07, 6.45) is 0.776. The first kappa shape index (κ1) is 26.7. The molecular formula is C27H33ClN2O5. The Kier molecular flexibility index (Phi) is 7.92. The van der Waals surface area contributed by atoms with Crippen LogP contribution in [0.3, 0.4) is 0 Å². The first-order chi connectivity index (χ1) is 16.3. The van der Waals surface area contributed by atoms with Gasteiger partial charge in [-0.05, 0) is 54.7 Å². The highest BCUT2D eigenvalue weighted by Gasteiger charge is 2.50. The Morgan fingerprint density at radius 2 is 1.71 bits per heavy atom. The lowest BCUT2D eigenvalue weighted by Gasteiger charge is -2.51. The minimum absolute atomic E-state index is 0.00338. The van der Waals surface area contributed by atoms with Crippen molar-refractivity contribution in [2.75, 3.05) is 13.1 Å². The molecule has 0 radical (unpaired) electrons. The lowest BCUT2D eigenvalue weighted by Crippen LogP contribution is -2.60. The van der Waals surface area contributed by atoms with Crippen LogP contribution in [0, 0.1) is 11.3 Å². The molecule has 2 aromatic rings. The highest BCUT2D eigenvalue weighted by atomic mass is 35.5. The number of nitrogens with one attached hydrogen (secondary N) is 1. The third-order valence-electron chi connectivity index (χ3n) is 6.76. The Bertz CT molecular complexity index is 1100. The monoisotopic (exact) mass is 500 g/mol. The van der Waals surface area contributed by atoms with E-state index in [9.17, 15) is 24.6 Å². The molecular weight excluding hydrogens is 468 g/mol. The average Bonchev–Trinajstić information content (AvgIpc) is 2.80. The van der Waals surface area contributed by atoms with E-state index < -0.39 is 28.9 Å². The number of piperidine rings is 1. The summed E-state index contributed by atoms with van der Waals surface area (Å²) in [5, 5.41) is 24.2. The van der Waals surface area contributed by atoms with Crippen molar-refractivity contribution in [3.8, 4) is 0 Å². The van der Waals surface area contributed by atoms with E-state index in [1.807, 2.05) is 39.8 Å². The van der Waals surface area contributed by atoms with Gasteiger partial charge in [-0.3, -0.25) is 9.59 Å². The molecule has 0 unspecified atom stereocenters. The van der Waals surface area contributed by atoms with Crippen LogP contribution in [0.25, 0.3) is 0 Å². The second kappa shape index (κ2) is 10.4. The predicted molar refractivity (Wildman–Crippen MR) is 134 cm³/mol. The molecule has 0 aliphatic carbocycles. The molecule has 35 heavy (non-hydrogen) atoms. The topological polar surface area (TPSA) is 107 Å². The second-order valence-electron chi connectivity index (χ2n) is 10.3. The molecule has 2 amide bonds. The molecule has 188 valence electrons. The number of carbonyl (C=O) groups is 3. The first-order valence-corrected chi connectivity index (χ1v) is 12.1. The van der Waals surface area contributed by atoms with Crippen molar-refractivity contribution < 1.29 is 24.6 Å². The number of benzene rings is 2. The number of hydrogen-bond donors (Lipinski definition) is 3. The summed E-state index contributed by atoms with van der Waals surface area (Å²) >= 11 is 6.02. The summed E-state index contributed by atoms with van der Waals surface area (Å²) in [6, 6.07) is 12.1. The molecule has 3 N–H and O–H groups in total. The number of rotatable bonds is 7. The number of carbonyl (C=O) groups excluding carboxylic acids is 2. The van der Waals surface area contributed by atoms with Gasteiger partial charge < -0.3 is 20.4 Å². The van der Waals surface area contributed by atoms with Crippen LogP contribution < -0.4 is 5.32 Å². The number of carboxylic acids is 1. The van der Waals surface area contributed by atoms with Crippen LogP contribution in [0.15, 0.2) is 48.5 Å². The predicted octanol–water partition coefficient (Wildman–Crippen LogP) is 4.33. The van der Waals surface area contributed by atoms with Crippen LogP contribution >= 0.6 is 11.6 Å². The van der Waals surface area contributed by atoms with E-state index in [0.29, 0.717) is 31.0 Å². The summed E-state index contributed by atoms with van der Waals surface area (Å²) in [4.78, 5) is 39.5. The number of halogens is 1. The maximum absolute atomic E-state index is 13.6. The first-order valence-electron chi connectivity index (χ1n) is 11.8. The molecule has 0 aromatic heterocycles. The molecule has 0 saturated carbocycles. The van der Waals surface area contributed by atoms with Crippen LogP contribution in [-0.2, 0) is 10.4 Å². The Morgan fingerprint density at radius 3 is 2.29 bits per heavy atom. The summed E-state index contributed by atoms with van der Waals surface area (Å²) in [5.41, 5.74) is -0.852. The van der Waals surface area contributed by atoms with Crippen molar-refractivity contribution in [3.05, 3.63) is 70.2 Å². The van der Waals surface area contributed by atoms with Gasteiger partial charge in [-0.2, -0.15) is 0 Å². The highest BCUT2D eigenvalue weighted by molar-refractivity contribution is 6.30. The fourth-order valence-electron chi connectivity index (χ4n) is 4.72. The zero-order valence-corrected chi connectivity index (χ0v) is 21.3. The number of carboxylic acid groups (broad SMARTS) is 1. The number of amides is 2. The Morgan fingerprint density at radius 1 is 1.09 bits per heavy atom. The number of aromatic carboxylic acids is 1. The Hall–Kier alpha value is -2.90. The maximum atomic E-state index is 13.6. The van der Waals surface area contributed by atoms with Crippen LogP contribution in [-0.4, -0.2) is 52.0 Å². The van der Waals surface area contributed by atoms with E-state index >= 15 is 0 Å². The summed E-state index contributed by atoms with van der Waals surface area (Å²) < 4.78 is 0. The van der Waals surface area contributed by atoms with Crippen LogP contribution in [0.5, 0.6) is 0 Å². The summed E-state index contributed by atoms with van der Waals surface area (Å²) in [5.74, 6) is -1.70. The standard InChI is InChI=1S/C27H33ClN2O5/c1-17(2)14-22(29-23(31)18-6-5-7-19(15-18)25(33)34)24(32)30-13-12-27(35,26(3,4)16-30)20-8-10-21(28)11-9-20/h5-11,15,17,22,35H,12-14,16H2,1-4H3,(H,29,31)(H,33,34)/t22-,27+/m1/s1. The lowest BCUT2D eigenvalue weighted by atomic mass is 9.66. The largest absolute Gasteiger partial charge is 0.478 e. The molecule has 1 aliphatic rings. The molecule has 0 bridgehead atoms. The van der Waals surface area contributed by atoms with Crippen molar-refractivity contribution in [2.45, 2.75) is 52.2 Å². The normalized spacial score (nSPS) is 20.4. The molecule has 1 saturated heterocycles. The van der Waals surface area contributed by atoms with E-state index in [4.69, 9.17) is 11.6 Å². The molecule has 2 aromatic carbocycles. The molecule has 0 spiro atoms. The van der Waals surface area contributed by atoms with E-state index in [-0.39, 0.29) is 23.0 Å². The van der Waals surface area contributed by atoms with Crippen LogP contribution in [0.4, 0.5) is 0 Å². The second-order valence-corrected chi connectivity index (χ2v) is 10.7. The van der Waals surface area contributed by atoms with Crippen LogP contribution in [0.1, 0.15) is 66.8 Å². The zero-order valence-electron chi connectivity index (χ0n) is 20.5. The van der Waals surface area contributed by atoms with Crippen molar-refractivity contribution in [2.24, 2.45) is 11.3 Å². The van der Waals surface area contributed by atoms with Crippen molar-refractivity contribution in [3.63, 3.8) is 0 Å². The number of likely N-dealkylation sites (tertiary alicyclic amines) is 1. The number of hydrogen-bond acceptors (Lipinski definition) is 4. The molecule has 1 heterocycles. The molecule has 1 aliphatic heterocycles. The third kappa shape index (κ3) is 5.85. The zero-order chi connectivity index (χ0) is 26.0. The number of aliphatic hydroxyl groups is 1. The van der Waals surface area contributed by atoms with Gasteiger partial charge in [0.2, 0.25) is 5.91 Å². The van der Waals surface area contributed by atoms with Crippen LogP contribution in [0.2, 0.25) is 5.02 Å².